The molecular weight excluding hydrogens is 324 g/mol. The van der Waals surface area contributed by atoms with E-state index in [1.807, 2.05) is 42.5 Å². The molecule has 0 bridgehead atoms. The number of hydrogen-bond acceptors (Lipinski definition) is 2. The molecule has 2 aromatic rings. The van der Waals surface area contributed by atoms with Gasteiger partial charge in [0, 0.05) is 37.6 Å². The van der Waals surface area contributed by atoms with Gasteiger partial charge in [0.1, 0.15) is 0 Å². The lowest BCUT2D eigenvalue weighted by Crippen LogP contribution is -2.40. The molecule has 0 saturated carbocycles. The smallest absolute Gasteiger partial charge is 0.407 e. The third-order valence-corrected chi connectivity index (χ3v) is 4.96. The second kappa shape index (κ2) is 7.24. The number of carbonyl (C=O) groups is 1. The van der Waals surface area contributed by atoms with Crippen LogP contribution < -0.4 is 0 Å². The van der Waals surface area contributed by atoms with Crippen molar-refractivity contribution < 1.29 is 9.90 Å². The quantitative estimate of drug-likeness (QED) is 0.914. The number of amides is 1. The van der Waals surface area contributed by atoms with Crippen LogP contribution in [0.4, 0.5) is 4.79 Å². The summed E-state index contributed by atoms with van der Waals surface area (Å²) in [6, 6.07) is 18.0. The van der Waals surface area contributed by atoms with Gasteiger partial charge in [0.05, 0.1) is 6.04 Å². The van der Waals surface area contributed by atoms with E-state index >= 15 is 0 Å². The molecule has 0 spiro atoms. The first-order valence-corrected chi connectivity index (χ1v) is 8.40. The summed E-state index contributed by atoms with van der Waals surface area (Å²) in [6.07, 6.45) is -0.888. The highest BCUT2D eigenvalue weighted by Gasteiger charge is 2.37. The molecule has 1 heterocycles. The Hall–Kier alpha value is -2.04. The summed E-state index contributed by atoms with van der Waals surface area (Å²) in [4.78, 5) is 15.2. The highest BCUT2D eigenvalue weighted by atomic mass is 35.5. The minimum atomic E-state index is -0.888. The van der Waals surface area contributed by atoms with Crippen molar-refractivity contribution in [3.8, 4) is 0 Å². The van der Waals surface area contributed by atoms with Crippen molar-refractivity contribution in [2.24, 2.45) is 0 Å². The number of carboxylic acid groups (broad SMARTS) is 1. The van der Waals surface area contributed by atoms with Crippen LogP contribution in [-0.2, 0) is 6.54 Å². The number of hydrogen-bond donors (Lipinski definition) is 1. The van der Waals surface area contributed by atoms with E-state index in [2.05, 4.69) is 17.0 Å². The molecule has 0 aliphatic carbocycles. The van der Waals surface area contributed by atoms with Gasteiger partial charge < -0.3 is 10.0 Å². The van der Waals surface area contributed by atoms with Crippen molar-refractivity contribution >= 4 is 17.7 Å². The van der Waals surface area contributed by atoms with Crippen molar-refractivity contribution in [3.63, 3.8) is 0 Å². The molecule has 4 nitrogen and oxygen atoms in total. The Balaban J connectivity index is 1.81. The molecule has 2 atom stereocenters. The fourth-order valence-corrected chi connectivity index (χ4v) is 3.53. The first kappa shape index (κ1) is 16.8. The van der Waals surface area contributed by atoms with E-state index in [0.29, 0.717) is 5.02 Å². The van der Waals surface area contributed by atoms with E-state index in [0.717, 1.165) is 25.2 Å². The van der Waals surface area contributed by atoms with Crippen LogP contribution in [0.1, 0.15) is 17.0 Å². The van der Waals surface area contributed by atoms with Crippen LogP contribution >= 0.6 is 11.6 Å². The van der Waals surface area contributed by atoms with Crippen LogP contribution in [0.25, 0.3) is 0 Å². The van der Waals surface area contributed by atoms with Gasteiger partial charge in [-0.1, -0.05) is 54.1 Å². The monoisotopic (exact) mass is 344 g/mol. The zero-order chi connectivity index (χ0) is 17.1. The largest absolute Gasteiger partial charge is 0.465 e. The fraction of sp³-hybridized carbons (Fsp3) is 0.316. The number of likely N-dealkylation sites (N-methyl/N-ethyl adjacent to an activating group) is 1. The molecule has 0 radical (unpaired) electrons. The predicted molar refractivity (Wildman–Crippen MR) is 95.5 cm³/mol. The number of nitrogens with zero attached hydrogens (tertiary/aromatic N) is 2. The van der Waals surface area contributed by atoms with Crippen molar-refractivity contribution in [1.82, 2.24) is 9.80 Å². The van der Waals surface area contributed by atoms with Crippen LogP contribution in [0, 0.1) is 0 Å². The van der Waals surface area contributed by atoms with Gasteiger partial charge in [0.15, 0.2) is 0 Å². The number of benzene rings is 2. The molecule has 24 heavy (non-hydrogen) atoms. The van der Waals surface area contributed by atoms with Gasteiger partial charge in [-0.2, -0.15) is 0 Å². The fourth-order valence-electron chi connectivity index (χ4n) is 3.41. The number of likely N-dealkylation sites (tertiary alicyclic amines) is 1. The summed E-state index contributed by atoms with van der Waals surface area (Å²) in [5.41, 5.74) is 2.37. The maximum atomic E-state index is 11.5. The third-order valence-electron chi connectivity index (χ3n) is 4.71. The molecule has 1 N–H and O–H groups in total. The molecule has 1 fully saturated rings. The summed E-state index contributed by atoms with van der Waals surface area (Å²) in [6.45, 7) is 2.39. The summed E-state index contributed by atoms with van der Waals surface area (Å²) in [5.74, 6) is 0.145. The minimum absolute atomic E-state index is 0.0626. The molecular formula is C19H21ClN2O2. The van der Waals surface area contributed by atoms with Crippen molar-refractivity contribution in [2.45, 2.75) is 18.5 Å². The highest BCUT2D eigenvalue weighted by molar-refractivity contribution is 6.30. The second-order valence-corrected chi connectivity index (χ2v) is 6.73. The van der Waals surface area contributed by atoms with Crippen molar-refractivity contribution in [3.05, 3.63) is 70.7 Å². The molecule has 1 aliphatic heterocycles. The maximum Gasteiger partial charge on any atom is 0.407 e. The minimum Gasteiger partial charge on any atom is -0.465 e. The van der Waals surface area contributed by atoms with Gasteiger partial charge in [-0.25, -0.2) is 4.79 Å². The zero-order valence-electron chi connectivity index (χ0n) is 13.6. The molecule has 126 valence electrons. The molecule has 1 amide bonds. The Kier molecular flexibility index (Phi) is 5.07. The molecule has 1 aliphatic rings. The van der Waals surface area contributed by atoms with Crippen LogP contribution in [0.2, 0.25) is 5.02 Å². The lowest BCUT2D eigenvalue weighted by molar-refractivity contribution is 0.135. The van der Waals surface area contributed by atoms with E-state index in [1.165, 1.54) is 10.5 Å². The van der Waals surface area contributed by atoms with Crippen LogP contribution in [0.15, 0.2) is 54.6 Å². The van der Waals surface area contributed by atoms with Gasteiger partial charge in [-0.15, -0.1) is 0 Å². The Labute approximate surface area is 147 Å². The Morgan fingerprint density at radius 2 is 1.83 bits per heavy atom. The molecule has 3 rings (SSSR count). The first-order valence-electron chi connectivity index (χ1n) is 8.02. The standard InChI is InChI=1S/C19H21ClN2O2/c1-21(19(23)24)18-13-22(11-14-5-3-2-4-6-14)12-17(18)15-7-9-16(20)10-8-15/h2-10,17-18H,11-13H2,1H3,(H,23,24). The summed E-state index contributed by atoms with van der Waals surface area (Å²) >= 11 is 5.99. The van der Waals surface area contributed by atoms with Crippen LogP contribution in [-0.4, -0.2) is 47.2 Å². The van der Waals surface area contributed by atoms with Gasteiger partial charge in [-0.05, 0) is 23.3 Å². The van der Waals surface area contributed by atoms with Gasteiger partial charge in [-0.3, -0.25) is 4.90 Å². The molecule has 2 unspecified atom stereocenters. The number of rotatable bonds is 4. The molecule has 0 aromatic heterocycles. The van der Waals surface area contributed by atoms with Gasteiger partial charge >= 0.3 is 6.09 Å². The Morgan fingerprint density at radius 3 is 2.46 bits per heavy atom. The topological polar surface area (TPSA) is 43.8 Å². The number of halogens is 1. The summed E-state index contributed by atoms with van der Waals surface area (Å²) < 4.78 is 0. The SMILES string of the molecule is CN(C(=O)O)C1CN(Cc2ccccc2)CC1c1ccc(Cl)cc1. The second-order valence-electron chi connectivity index (χ2n) is 6.30. The van der Waals surface area contributed by atoms with Crippen LogP contribution in [0.3, 0.4) is 0 Å². The van der Waals surface area contributed by atoms with E-state index in [1.54, 1.807) is 7.05 Å². The van der Waals surface area contributed by atoms with Gasteiger partial charge in [0.2, 0.25) is 0 Å². The van der Waals surface area contributed by atoms with Crippen LogP contribution in [0.5, 0.6) is 0 Å². The average molecular weight is 345 g/mol. The summed E-state index contributed by atoms with van der Waals surface area (Å²) in [7, 11) is 1.65. The van der Waals surface area contributed by atoms with E-state index < -0.39 is 6.09 Å². The van der Waals surface area contributed by atoms with E-state index in [4.69, 9.17) is 11.6 Å². The Bertz CT molecular complexity index is 690. The van der Waals surface area contributed by atoms with Crippen molar-refractivity contribution in [2.75, 3.05) is 20.1 Å². The van der Waals surface area contributed by atoms with E-state index in [9.17, 15) is 9.90 Å². The normalized spacial score (nSPS) is 20.9. The maximum absolute atomic E-state index is 11.5. The van der Waals surface area contributed by atoms with Gasteiger partial charge in [0.25, 0.3) is 0 Å². The highest BCUT2D eigenvalue weighted by Crippen LogP contribution is 2.32. The van der Waals surface area contributed by atoms with E-state index in [-0.39, 0.29) is 12.0 Å². The summed E-state index contributed by atoms with van der Waals surface area (Å²) in [5, 5.41) is 10.1. The molecule has 1 saturated heterocycles. The third kappa shape index (κ3) is 3.71. The molecule has 5 heteroatoms. The van der Waals surface area contributed by atoms with Crippen molar-refractivity contribution in [1.29, 1.82) is 0 Å². The average Bonchev–Trinajstić information content (AvgIpc) is 2.99. The first-order chi connectivity index (χ1) is 11.5. The zero-order valence-corrected chi connectivity index (χ0v) is 14.4. The lowest BCUT2D eigenvalue weighted by Gasteiger charge is -2.26. The lowest BCUT2D eigenvalue weighted by atomic mass is 9.94. The predicted octanol–water partition coefficient (Wildman–Crippen LogP) is 3.92. The molecule has 2 aromatic carbocycles. The Morgan fingerprint density at radius 1 is 1.17 bits per heavy atom.